The molecule has 0 unspecified atom stereocenters. The maximum atomic E-state index is 4.56. The lowest BCUT2D eigenvalue weighted by Crippen LogP contribution is -2.17. The zero-order chi connectivity index (χ0) is 12.1. The van der Waals surface area contributed by atoms with Gasteiger partial charge in [-0.1, -0.05) is 12.1 Å². The normalized spacial score (nSPS) is 10.2. The molecule has 0 aliphatic carbocycles. The van der Waals surface area contributed by atoms with Crippen molar-refractivity contribution in [3.8, 4) is 0 Å². The number of anilines is 2. The molecule has 2 rings (SSSR count). The second-order valence-corrected chi connectivity index (χ2v) is 4.88. The summed E-state index contributed by atoms with van der Waals surface area (Å²) < 4.78 is 0. The molecule has 90 valence electrons. The molecule has 1 N–H and O–H groups in total. The first-order valence-corrected chi connectivity index (χ1v) is 6.62. The lowest BCUT2D eigenvalue weighted by molar-refractivity contribution is 0.912. The molecule has 0 atom stereocenters. The number of pyridine rings is 1. The monoisotopic (exact) mass is 247 g/mol. The highest BCUT2D eigenvalue weighted by Crippen LogP contribution is 2.17. The van der Waals surface area contributed by atoms with Crippen LogP contribution in [0.25, 0.3) is 0 Å². The van der Waals surface area contributed by atoms with Crippen molar-refractivity contribution in [2.75, 3.05) is 23.8 Å². The molecule has 0 radical (unpaired) electrons. The lowest BCUT2D eigenvalue weighted by atomic mass is 10.4. The van der Waals surface area contributed by atoms with E-state index in [9.17, 15) is 0 Å². The molecule has 2 aromatic rings. The van der Waals surface area contributed by atoms with E-state index < -0.39 is 0 Å². The Bertz CT molecular complexity index is 453. The molecular formula is C13H17N3S. The third-order valence-corrected chi connectivity index (χ3v) is 3.32. The molecule has 0 aliphatic heterocycles. The van der Waals surface area contributed by atoms with E-state index in [1.54, 1.807) is 11.3 Å². The standard InChI is InChI=1S/C13H17N3S/c1-3-14-12-7-4-8-13(15-12)16(2)10-11-6-5-9-17-11/h4-9H,3,10H2,1-2H3,(H,14,15). The summed E-state index contributed by atoms with van der Waals surface area (Å²) in [7, 11) is 2.07. The average molecular weight is 247 g/mol. The zero-order valence-electron chi connectivity index (χ0n) is 10.2. The third-order valence-electron chi connectivity index (χ3n) is 2.46. The maximum Gasteiger partial charge on any atom is 0.131 e. The molecule has 0 aromatic carbocycles. The molecule has 0 aliphatic rings. The second kappa shape index (κ2) is 5.68. The van der Waals surface area contributed by atoms with E-state index in [1.165, 1.54) is 4.88 Å². The van der Waals surface area contributed by atoms with E-state index in [4.69, 9.17) is 0 Å². The van der Waals surface area contributed by atoms with Crippen LogP contribution in [-0.4, -0.2) is 18.6 Å². The Morgan fingerprint density at radius 1 is 1.29 bits per heavy atom. The van der Waals surface area contributed by atoms with E-state index in [0.29, 0.717) is 0 Å². The first-order chi connectivity index (χ1) is 8.29. The van der Waals surface area contributed by atoms with Crippen LogP contribution in [-0.2, 0) is 6.54 Å². The molecule has 0 saturated carbocycles. The lowest BCUT2D eigenvalue weighted by Gasteiger charge is -2.18. The molecule has 3 nitrogen and oxygen atoms in total. The van der Waals surface area contributed by atoms with Crippen LogP contribution in [0.5, 0.6) is 0 Å². The van der Waals surface area contributed by atoms with Crippen LogP contribution in [0, 0.1) is 0 Å². The maximum absolute atomic E-state index is 4.56. The van der Waals surface area contributed by atoms with Gasteiger partial charge in [0.1, 0.15) is 11.6 Å². The van der Waals surface area contributed by atoms with Crippen molar-refractivity contribution in [3.63, 3.8) is 0 Å². The number of thiophene rings is 1. The number of hydrogen-bond acceptors (Lipinski definition) is 4. The second-order valence-electron chi connectivity index (χ2n) is 3.85. The van der Waals surface area contributed by atoms with E-state index in [0.717, 1.165) is 24.7 Å². The summed E-state index contributed by atoms with van der Waals surface area (Å²) in [4.78, 5) is 8.07. The molecule has 0 fully saturated rings. The minimum Gasteiger partial charge on any atom is -0.370 e. The quantitative estimate of drug-likeness (QED) is 0.879. The van der Waals surface area contributed by atoms with Crippen LogP contribution in [0.4, 0.5) is 11.6 Å². The van der Waals surface area contributed by atoms with Gasteiger partial charge in [-0.3, -0.25) is 0 Å². The van der Waals surface area contributed by atoms with Crippen LogP contribution < -0.4 is 10.2 Å². The summed E-state index contributed by atoms with van der Waals surface area (Å²) in [6.45, 7) is 3.87. The number of nitrogens with zero attached hydrogens (tertiary/aromatic N) is 2. The summed E-state index contributed by atoms with van der Waals surface area (Å²) in [6.07, 6.45) is 0. The van der Waals surface area contributed by atoms with Crippen molar-refractivity contribution < 1.29 is 0 Å². The SMILES string of the molecule is CCNc1cccc(N(C)Cc2cccs2)n1. The molecule has 0 amide bonds. The average Bonchev–Trinajstić information content (AvgIpc) is 2.83. The van der Waals surface area contributed by atoms with E-state index in [2.05, 4.69) is 46.7 Å². The summed E-state index contributed by atoms with van der Waals surface area (Å²) in [6, 6.07) is 10.3. The zero-order valence-corrected chi connectivity index (χ0v) is 11.0. The summed E-state index contributed by atoms with van der Waals surface area (Å²) in [5, 5.41) is 5.33. The molecule has 17 heavy (non-hydrogen) atoms. The minimum absolute atomic E-state index is 0.894. The van der Waals surface area contributed by atoms with Gasteiger partial charge in [0.15, 0.2) is 0 Å². The van der Waals surface area contributed by atoms with Gasteiger partial charge in [0.2, 0.25) is 0 Å². The summed E-state index contributed by atoms with van der Waals surface area (Å²) in [5.41, 5.74) is 0. The van der Waals surface area contributed by atoms with Gasteiger partial charge in [0, 0.05) is 18.5 Å². The van der Waals surface area contributed by atoms with E-state index >= 15 is 0 Å². The highest BCUT2D eigenvalue weighted by molar-refractivity contribution is 7.09. The summed E-state index contributed by atoms with van der Waals surface area (Å²) >= 11 is 1.78. The largest absolute Gasteiger partial charge is 0.370 e. The number of hydrogen-bond donors (Lipinski definition) is 1. The topological polar surface area (TPSA) is 28.2 Å². The molecule has 4 heteroatoms. The Hall–Kier alpha value is -1.55. The molecular weight excluding hydrogens is 230 g/mol. The van der Waals surface area contributed by atoms with Crippen LogP contribution >= 0.6 is 11.3 Å². The van der Waals surface area contributed by atoms with Crippen LogP contribution in [0.1, 0.15) is 11.8 Å². The predicted molar refractivity (Wildman–Crippen MR) is 74.8 cm³/mol. The third kappa shape index (κ3) is 3.20. The van der Waals surface area contributed by atoms with Gasteiger partial charge in [0.05, 0.1) is 6.54 Å². The van der Waals surface area contributed by atoms with Crippen molar-refractivity contribution in [1.82, 2.24) is 4.98 Å². The van der Waals surface area contributed by atoms with Gasteiger partial charge in [-0.2, -0.15) is 0 Å². The fourth-order valence-electron chi connectivity index (χ4n) is 1.63. The Balaban J connectivity index is 2.07. The van der Waals surface area contributed by atoms with Crippen molar-refractivity contribution in [1.29, 1.82) is 0 Å². The summed E-state index contributed by atoms with van der Waals surface area (Å²) in [5.74, 6) is 1.93. The number of aromatic nitrogens is 1. The molecule has 0 saturated heterocycles. The van der Waals surface area contributed by atoms with Crippen LogP contribution in [0.3, 0.4) is 0 Å². The Kier molecular flexibility index (Phi) is 3.98. The predicted octanol–water partition coefficient (Wildman–Crippen LogP) is 3.21. The first-order valence-electron chi connectivity index (χ1n) is 5.74. The van der Waals surface area contributed by atoms with E-state index in [1.807, 2.05) is 18.2 Å². The smallest absolute Gasteiger partial charge is 0.131 e. The van der Waals surface area contributed by atoms with Gasteiger partial charge in [-0.25, -0.2) is 4.98 Å². The fraction of sp³-hybridized carbons (Fsp3) is 0.308. The van der Waals surface area contributed by atoms with Gasteiger partial charge < -0.3 is 10.2 Å². The van der Waals surface area contributed by atoms with Gasteiger partial charge >= 0.3 is 0 Å². The number of rotatable bonds is 5. The molecule has 2 aromatic heterocycles. The van der Waals surface area contributed by atoms with Gasteiger partial charge in [0.25, 0.3) is 0 Å². The Morgan fingerprint density at radius 3 is 2.88 bits per heavy atom. The van der Waals surface area contributed by atoms with E-state index in [-0.39, 0.29) is 0 Å². The Labute approximate surface area is 106 Å². The minimum atomic E-state index is 0.894. The fourth-order valence-corrected chi connectivity index (χ4v) is 2.39. The Morgan fingerprint density at radius 2 is 2.18 bits per heavy atom. The van der Waals surface area contributed by atoms with Crippen molar-refractivity contribution in [2.24, 2.45) is 0 Å². The molecule has 2 heterocycles. The molecule has 0 bridgehead atoms. The molecule has 0 spiro atoms. The van der Waals surface area contributed by atoms with Crippen molar-refractivity contribution in [3.05, 3.63) is 40.6 Å². The highest BCUT2D eigenvalue weighted by atomic mass is 32.1. The number of nitrogens with one attached hydrogen (secondary N) is 1. The van der Waals surface area contributed by atoms with Crippen LogP contribution in [0.2, 0.25) is 0 Å². The van der Waals surface area contributed by atoms with Gasteiger partial charge in [-0.05, 0) is 30.5 Å². The highest BCUT2D eigenvalue weighted by Gasteiger charge is 2.04. The van der Waals surface area contributed by atoms with Crippen LogP contribution in [0.15, 0.2) is 35.7 Å². The van der Waals surface area contributed by atoms with Crippen molar-refractivity contribution >= 4 is 23.0 Å². The van der Waals surface area contributed by atoms with Crippen molar-refractivity contribution in [2.45, 2.75) is 13.5 Å². The first kappa shape index (κ1) is 11.9. The van der Waals surface area contributed by atoms with Gasteiger partial charge in [-0.15, -0.1) is 11.3 Å².